The minimum atomic E-state index is -1.50. The van der Waals surface area contributed by atoms with Gasteiger partial charge < -0.3 is 14.4 Å². The van der Waals surface area contributed by atoms with Crippen molar-refractivity contribution in [3.8, 4) is 22.5 Å². The first-order valence-electron chi connectivity index (χ1n) is 19.1. The number of aromatic nitrogens is 2. The number of hydrogen-bond donors (Lipinski definition) is 0. The molecule has 5 aromatic carbocycles. The predicted octanol–water partition coefficient (Wildman–Crippen LogP) is 12.1. The summed E-state index contributed by atoms with van der Waals surface area (Å²) < 4.78 is 48.4. The maximum atomic E-state index is 8.75. The van der Waals surface area contributed by atoms with Crippen molar-refractivity contribution >= 4 is 56.7 Å². The molecule has 8 aromatic rings. The number of fused-ring (bicyclic) bond motifs is 6. The van der Waals surface area contributed by atoms with E-state index < -0.39 is 19.9 Å². The molecule has 0 saturated carbocycles. The van der Waals surface area contributed by atoms with Gasteiger partial charge in [-0.1, -0.05) is 118 Å². The predicted molar refractivity (Wildman–Crippen MR) is 210 cm³/mol. The molecule has 1 radical (unpaired) electrons. The molecule has 0 atom stereocenters. The van der Waals surface area contributed by atoms with Gasteiger partial charge in [-0.05, 0) is 68.1 Å². The molecule has 253 valence electrons. The molecule has 0 N–H and O–H groups in total. The standard InChI is InChI=1S/C28H20NO.C17H22NSi.Ir/c1-17(2)19-12-13-29-26(15-19)23-9-5-8-22-25-14-20-11-10-18-6-3-4-7-21(18)24(20)16-27(25)30-28(22)23;1-13(2)15-11-16(14-9-7-6-8-10-14)18-12-17(15)19(3,4)5;/h3-8,10-17H,1-2H3;6-9,11-13H,1-5H3;/q2*-1;/i12D,13D,15D,17D;13D;. The van der Waals surface area contributed by atoms with Crippen LogP contribution in [0.4, 0.5) is 0 Å². The third-order valence-corrected chi connectivity index (χ3v) is 10.9. The first-order chi connectivity index (χ1) is 25.4. The molecule has 0 unspecified atom stereocenters. The number of rotatable bonds is 5. The summed E-state index contributed by atoms with van der Waals surface area (Å²) in [5.41, 5.74) is 5.07. The van der Waals surface area contributed by atoms with Gasteiger partial charge in [-0.2, -0.15) is 0 Å². The number of benzene rings is 5. The zero-order valence-corrected chi connectivity index (χ0v) is 32.8. The maximum absolute atomic E-state index is 8.75. The molecular weight excluding hydrogens is 805 g/mol. The van der Waals surface area contributed by atoms with Crippen molar-refractivity contribution in [1.29, 1.82) is 0 Å². The first kappa shape index (κ1) is 29.3. The number of pyridine rings is 2. The summed E-state index contributed by atoms with van der Waals surface area (Å²) in [5.74, 6) is -1.83. The number of hydrogen-bond acceptors (Lipinski definition) is 3. The van der Waals surface area contributed by atoms with Crippen molar-refractivity contribution in [1.82, 2.24) is 9.97 Å². The second-order valence-corrected chi connectivity index (χ2v) is 18.9. The molecular formula is C45H42IrN2OSi-2. The molecule has 0 amide bonds. The average molecular weight is 852 g/mol. The van der Waals surface area contributed by atoms with Crippen molar-refractivity contribution in [2.24, 2.45) is 0 Å². The van der Waals surface area contributed by atoms with Gasteiger partial charge in [0.2, 0.25) is 0 Å². The van der Waals surface area contributed by atoms with Crippen LogP contribution >= 0.6 is 0 Å². The SMILES string of the molecule is [2H]C(C)(C)c1cc(-c2[c-]cccc2)ncc1[Si](C)(C)C.[2H]c1nc(-c2[c-]ccc3c2oc2cc4c(ccc5ccccc54)cc23)c([2H])c(C([2H])(C)C)c1[2H].[Ir]. The van der Waals surface area contributed by atoms with Gasteiger partial charge in [-0.15, -0.1) is 54.1 Å². The number of nitrogens with zero attached hydrogens (tertiary/aromatic N) is 2. The second kappa shape index (κ2) is 14.4. The minimum Gasteiger partial charge on any atom is -0.501 e. The van der Waals surface area contributed by atoms with E-state index in [1.165, 1.54) is 5.19 Å². The zero-order valence-electron chi connectivity index (χ0n) is 34.4. The van der Waals surface area contributed by atoms with Crippen LogP contribution < -0.4 is 5.19 Å². The molecule has 3 nitrogen and oxygen atoms in total. The van der Waals surface area contributed by atoms with Gasteiger partial charge in [0.1, 0.15) is 5.58 Å². The molecule has 0 saturated heterocycles. The van der Waals surface area contributed by atoms with Crippen LogP contribution in [0.3, 0.4) is 0 Å². The molecule has 50 heavy (non-hydrogen) atoms. The second-order valence-electron chi connectivity index (χ2n) is 13.9. The summed E-state index contributed by atoms with van der Waals surface area (Å²) >= 11 is 0. The molecule has 5 heteroatoms. The largest absolute Gasteiger partial charge is 0.501 e. The Bertz CT molecular complexity index is 2710. The Labute approximate surface area is 317 Å². The van der Waals surface area contributed by atoms with E-state index in [9.17, 15) is 0 Å². The van der Waals surface area contributed by atoms with Crippen molar-refractivity contribution in [3.05, 3.63) is 139 Å². The van der Waals surface area contributed by atoms with Crippen molar-refractivity contribution in [3.63, 3.8) is 0 Å². The van der Waals surface area contributed by atoms with E-state index in [-0.39, 0.29) is 49.6 Å². The number of furan rings is 1. The molecule has 0 aliphatic carbocycles. The first-order valence-corrected chi connectivity index (χ1v) is 20.1. The van der Waals surface area contributed by atoms with Crippen LogP contribution in [0.25, 0.3) is 66.0 Å². The fraction of sp³-hybridized carbons (Fsp3) is 0.200. The van der Waals surface area contributed by atoms with Crippen LogP contribution in [0.5, 0.6) is 0 Å². The molecule has 3 aromatic heterocycles. The Kier molecular flexibility index (Phi) is 8.47. The fourth-order valence-electron chi connectivity index (χ4n) is 6.27. The maximum Gasteiger partial charge on any atom is 0.121 e. The molecule has 0 aliphatic heterocycles. The summed E-state index contributed by atoms with van der Waals surface area (Å²) in [7, 11) is -1.50. The van der Waals surface area contributed by atoms with Gasteiger partial charge in [0, 0.05) is 40.6 Å². The monoisotopic (exact) mass is 852 g/mol. The Morgan fingerprint density at radius 3 is 2.26 bits per heavy atom. The Morgan fingerprint density at radius 2 is 1.52 bits per heavy atom. The van der Waals surface area contributed by atoms with E-state index in [0.717, 1.165) is 54.7 Å². The summed E-state index contributed by atoms with van der Waals surface area (Å²) in [6, 6.07) is 36.4. The van der Waals surface area contributed by atoms with Gasteiger partial charge in [-0.25, -0.2) is 0 Å². The quantitative estimate of drug-likeness (QED) is 0.0984. The van der Waals surface area contributed by atoms with Crippen LogP contribution in [0, 0.1) is 12.1 Å². The summed E-state index contributed by atoms with van der Waals surface area (Å²) in [5, 5.41) is 7.60. The van der Waals surface area contributed by atoms with Gasteiger partial charge >= 0.3 is 0 Å². The van der Waals surface area contributed by atoms with E-state index in [0.29, 0.717) is 11.1 Å². The third-order valence-electron chi connectivity index (χ3n) is 8.86. The van der Waals surface area contributed by atoms with Gasteiger partial charge in [0.05, 0.1) is 17.8 Å². The summed E-state index contributed by atoms with van der Waals surface area (Å²) in [6.07, 6.45) is 1.72. The van der Waals surface area contributed by atoms with Crippen molar-refractivity contribution in [2.75, 3.05) is 0 Å². The van der Waals surface area contributed by atoms with Crippen LogP contribution in [0.15, 0.2) is 120 Å². The molecule has 0 aliphatic rings. The average Bonchev–Trinajstić information content (AvgIpc) is 3.49. The summed E-state index contributed by atoms with van der Waals surface area (Å²) in [4.78, 5) is 8.86. The zero-order chi connectivity index (χ0) is 38.7. The Balaban J connectivity index is 0.000000211. The molecule has 8 rings (SSSR count). The molecule has 0 spiro atoms. The fourth-order valence-corrected chi connectivity index (χ4v) is 7.85. The van der Waals surface area contributed by atoms with E-state index in [4.69, 9.17) is 11.3 Å². The Morgan fingerprint density at radius 1 is 0.740 bits per heavy atom. The topological polar surface area (TPSA) is 38.9 Å². The Hall–Kier alpha value is -4.41. The van der Waals surface area contributed by atoms with Crippen LogP contribution in [0.1, 0.15) is 57.5 Å². The third kappa shape index (κ3) is 6.96. The van der Waals surface area contributed by atoms with Crippen molar-refractivity contribution in [2.45, 2.75) is 59.1 Å². The minimum absolute atomic E-state index is 0. The van der Waals surface area contributed by atoms with Crippen molar-refractivity contribution < 1.29 is 31.4 Å². The normalized spacial score (nSPS) is 13.5. The smallest absolute Gasteiger partial charge is 0.121 e. The van der Waals surface area contributed by atoms with Crippen LogP contribution in [-0.2, 0) is 20.1 Å². The van der Waals surface area contributed by atoms with Crippen LogP contribution in [0.2, 0.25) is 19.6 Å². The van der Waals surface area contributed by atoms with E-state index in [1.807, 2.05) is 68.6 Å². The van der Waals surface area contributed by atoms with E-state index in [1.54, 1.807) is 19.9 Å². The van der Waals surface area contributed by atoms with Crippen LogP contribution in [-0.4, -0.2) is 18.0 Å². The molecule has 0 fully saturated rings. The molecule has 0 bridgehead atoms. The summed E-state index contributed by atoms with van der Waals surface area (Å²) in [6.45, 7) is 14.0. The van der Waals surface area contributed by atoms with Gasteiger partial charge in [-0.3, -0.25) is 0 Å². The van der Waals surface area contributed by atoms with Gasteiger partial charge in [0.15, 0.2) is 0 Å². The van der Waals surface area contributed by atoms with Gasteiger partial charge in [0.25, 0.3) is 0 Å². The van der Waals surface area contributed by atoms with E-state index >= 15 is 0 Å². The molecule has 3 heterocycles. The van der Waals surface area contributed by atoms with E-state index in [2.05, 4.69) is 78.1 Å².